The average Bonchev–Trinajstić information content (AvgIpc) is 2.19. The van der Waals surface area contributed by atoms with Crippen LogP contribution < -0.4 is 0 Å². The Labute approximate surface area is 106 Å². The maximum Gasteiger partial charge on any atom is 0.189 e. The zero-order chi connectivity index (χ0) is 11.0. The van der Waals surface area contributed by atoms with E-state index < -0.39 is 0 Å². The van der Waals surface area contributed by atoms with E-state index in [4.69, 9.17) is 11.6 Å². The second-order valence-electron chi connectivity index (χ2n) is 3.12. The first-order valence-electron chi connectivity index (χ1n) is 4.29. The summed E-state index contributed by atoms with van der Waals surface area (Å²) in [4.78, 5) is 8.64. The summed E-state index contributed by atoms with van der Waals surface area (Å²) < 4.78 is 0.995. The highest BCUT2D eigenvalue weighted by molar-refractivity contribution is 9.10. The SMILES string of the molecule is CSc1nc(Cl)c2cc(Br)cc(C)c2n1. The molecule has 0 saturated heterocycles. The van der Waals surface area contributed by atoms with Crippen LogP contribution in [0.5, 0.6) is 0 Å². The Morgan fingerprint density at radius 1 is 1.33 bits per heavy atom. The van der Waals surface area contributed by atoms with Crippen molar-refractivity contribution in [3.63, 3.8) is 0 Å². The van der Waals surface area contributed by atoms with Crippen molar-refractivity contribution in [1.82, 2.24) is 9.97 Å². The topological polar surface area (TPSA) is 25.8 Å². The normalized spacial score (nSPS) is 10.9. The lowest BCUT2D eigenvalue weighted by atomic mass is 10.1. The Bertz CT molecular complexity index is 530. The van der Waals surface area contributed by atoms with E-state index in [9.17, 15) is 0 Å². The van der Waals surface area contributed by atoms with Gasteiger partial charge < -0.3 is 0 Å². The highest BCUT2D eigenvalue weighted by atomic mass is 79.9. The summed E-state index contributed by atoms with van der Waals surface area (Å²) in [5, 5.41) is 2.10. The molecule has 0 radical (unpaired) electrons. The first-order valence-corrected chi connectivity index (χ1v) is 6.69. The Kier molecular flexibility index (Phi) is 3.19. The van der Waals surface area contributed by atoms with Gasteiger partial charge in [0.25, 0.3) is 0 Å². The summed E-state index contributed by atoms with van der Waals surface area (Å²) in [6.07, 6.45) is 1.94. The van der Waals surface area contributed by atoms with Gasteiger partial charge in [-0.3, -0.25) is 0 Å². The van der Waals surface area contributed by atoms with Crippen molar-refractivity contribution >= 4 is 50.2 Å². The summed E-state index contributed by atoms with van der Waals surface area (Å²) in [5.74, 6) is 0. The lowest BCUT2D eigenvalue weighted by Crippen LogP contribution is -1.91. The van der Waals surface area contributed by atoms with Crippen molar-refractivity contribution in [1.29, 1.82) is 0 Å². The van der Waals surface area contributed by atoms with Gasteiger partial charge in [-0.25, -0.2) is 9.97 Å². The number of aromatic nitrogens is 2. The molecule has 0 spiro atoms. The predicted molar refractivity (Wildman–Crippen MR) is 68.8 cm³/mol. The zero-order valence-corrected chi connectivity index (χ0v) is 11.4. The van der Waals surface area contributed by atoms with Crippen molar-refractivity contribution in [3.8, 4) is 0 Å². The molecular formula is C10H8BrClN2S. The molecule has 0 atom stereocenters. The zero-order valence-electron chi connectivity index (χ0n) is 8.21. The van der Waals surface area contributed by atoms with E-state index in [0.717, 1.165) is 20.9 Å². The highest BCUT2D eigenvalue weighted by Crippen LogP contribution is 2.28. The lowest BCUT2D eigenvalue weighted by Gasteiger charge is -2.05. The first kappa shape index (κ1) is 11.2. The molecule has 0 fully saturated rings. The third-order valence-electron chi connectivity index (χ3n) is 2.07. The summed E-state index contributed by atoms with van der Waals surface area (Å²) >= 11 is 11.0. The van der Waals surface area contributed by atoms with Crippen LogP contribution >= 0.6 is 39.3 Å². The largest absolute Gasteiger partial charge is 0.222 e. The molecule has 2 nitrogen and oxygen atoms in total. The highest BCUT2D eigenvalue weighted by Gasteiger charge is 2.08. The van der Waals surface area contributed by atoms with Gasteiger partial charge in [0.1, 0.15) is 5.15 Å². The average molecular weight is 304 g/mol. The molecule has 2 aromatic rings. The summed E-state index contributed by atoms with van der Waals surface area (Å²) in [6.45, 7) is 2.01. The number of aryl methyl sites for hydroxylation is 1. The first-order chi connectivity index (χ1) is 7.11. The van der Waals surface area contributed by atoms with Crippen LogP contribution in [0.3, 0.4) is 0 Å². The standard InChI is InChI=1S/C10H8BrClN2S/c1-5-3-6(11)4-7-8(5)13-10(15-2)14-9(7)12/h3-4H,1-2H3. The van der Waals surface area contributed by atoms with Gasteiger partial charge in [0, 0.05) is 9.86 Å². The van der Waals surface area contributed by atoms with Gasteiger partial charge in [-0.1, -0.05) is 39.3 Å². The number of rotatable bonds is 1. The molecule has 1 aromatic carbocycles. The van der Waals surface area contributed by atoms with Crippen LogP contribution in [0.15, 0.2) is 21.8 Å². The third kappa shape index (κ3) is 2.12. The van der Waals surface area contributed by atoms with Gasteiger partial charge in [-0.15, -0.1) is 0 Å². The van der Waals surface area contributed by atoms with Crippen molar-refractivity contribution < 1.29 is 0 Å². The molecule has 1 aromatic heterocycles. The molecule has 0 saturated carbocycles. The van der Waals surface area contributed by atoms with Gasteiger partial charge in [0.05, 0.1) is 5.52 Å². The molecule has 2 rings (SSSR count). The minimum absolute atomic E-state index is 0.508. The number of benzene rings is 1. The van der Waals surface area contributed by atoms with Crippen molar-refractivity contribution in [3.05, 3.63) is 27.3 Å². The number of nitrogens with zero attached hydrogens (tertiary/aromatic N) is 2. The number of halogens is 2. The predicted octanol–water partition coefficient (Wildman–Crippen LogP) is 4.08. The van der Waals surface area contributed by atoms with Crippen LogP contribution in [0, 0.1) is 6.92 Å². The Balaban J connectivity index is 2.85. The van der Waals surface area contributed by atoms with Crippen molar-refractivity contribution in [2.75, 3.05) is 6.26 Å². The third-order valence-corrected chi connectivity index (χ3v) is 3.37. The fraction of sp³-hybridized carbons (Fsp3) is 0.200. The minimum Gasteiger partial charge on any atom is -0.222 e. The summed E-state index contributed by atoms with van der Waals surface area (Å²) in [7, 11) is 0. The van der Waals surface area contributed by atoms with Gasteiger partial charge in [-0.2, -0.15) is 0 Å². The van der Waals surface area contributed by atoms with Gasteiger partial charge in [-0.05, 0) is 30.9 Å². The molecular weight excluding hydrogens is 296 g/mol. The number of thioether (sulfide) groups is 1. The van der Waals surface area contributed by atoms with Gasteiger partial charge >= 0.3 is 0 Å². The fourth-order valence-electron chi connectivity index (χ4n) is 1.40. The smallest absolute Gasteiger partial charge is 0.189 e. The van der Waals surface area contributed by atoms with E-state index in [1.54, 1.807) is 0 Å². The molecule has 15 heavy (non-hydrogen) atoms. The molecule has 5 heteroatoms. The lowest BCUT2D eigenvalue weighted by molar-refractivity contribution is 1.00. The van der Waals surface area contributed by atoms with Crippen LogP contribution in [0.4, 0.5) is 0 Å². The van der Waals surface area contributed by atoms with E-state index >= 15 is 0 Å². The molecule has 0 aliphatic heterocycles. The number of fused-ring (bicyclic) bond motifs is 1. The Morgan fingerprint density at radius 3 is 2.73 bits per heavy atom. The molecule has 78 valence electrons. The monoisotopic (exact) mass is 302 g/mol. The van der Waals surface area contributed by atoms with Crippen LogP contribution in [0.25, 0.3) is 10.9 Å². The fourth-order valence-corrected chi connectivity index (χ4v) is 2.61. The maximum absolute atomic E-state index is 6.10. The molecule has 1 heterocycles. The molecule has 0 N–H and O–H groups in total. The van der Waals surface area contributed by atoms with E-state index in [-0.39, 0.29) is 0 Å². The second kappa shape index (κ2) is 4.28. The van der Waals surface area contributed by atoms with Gasteiger partial charge in [0.2, 0.25) is 0 Å². The second-order valence-corrected chi connectivity index (χ2v) is 5.17. The van der Waals surface area contributed by atoms with Crippen molar-refractivity contribution in [2.24, 2.45) is 0 Å². The van der Waals surface area contributed by atoms with Crippen LogP contribution in [0.1, 0.15) is 5.56 Å². The van der Waals surface area contributed by atoms with E-state index in [1.807, 2.05) is 25.3 Å². The van der Waals surface area contributed by atoms with E-state index in [0.29, 0.717) is 10.3 Å². The molecule has 0 unspecified atom stereocenters. The van der Waals surface area contributed by atoms with Crippen LogP contribution in [0.2, 0.25) is 5.15 Å². The molecule has 0 amide bonds. The van der Waals surface area contributed by atoms with Crippen molar-refractivity contribution in [2.45, 2.75) is 12.1 Å². The van der Waals surface area contributed by atoms with E-state index in [2.05, 4.69) is 25.9 Å². The minimum atomic E-state index is 0.508. The maximum atomic E-state index is 6.10. The quantitative estimate of drug-likeness (QED) is 0.451. The van der Waals surface area contributed by atoms with Gasteiger partial charge in [0.15, 0.2) is 5.16 Å². The Hall–Kier alpha value is -0.320. The molecule has 0 bridgehead atoms. The van der Waals surface area contributed by atoms with E-state index in [1.165, 1.54) is 11.8 Å². The number of hydrogen-bond donors (Lipinski definition) is 0. The van der Waals surface area contributed by atoms with Crippen LogP contribution in [-0.2, 0) is 0 Å². The Morgan fingerprint density at radius 2 is 2.07 bits per heavy atom. The summed E-state index contributed by atoms with van der Waals surface area (Å²) in [5.41, 5.74) is 2.02. The number of hydrogen-bond acceptors (Lipinski definition) is 3. The molecule has 0 aliphatic carbocycles. The van der Waals surface area contributed by atoms with Crippen LogP contribution in [-0.4, -0.2) is 16.2 Å². The molecule has 0 aliphatic rings. The summed E-state index contributed by atoms with van der Waals surface area (Å²) in [6, 6.07) is 3.96.